The van der Waals surface area contributed by atoms with Gasteiger partial charge in [-0.25, -0.2) is 4.79 Å². The van der Waals surface area contributed by atoms with Crippen LogP contribution in [0.5, 0.6) is 5.88 Å². The highest BCUT2D eigenvalue weighted by atomic mass is 16.7. The van der Waals surface area contributed by atoms with E-state index in [1.165, 1.54) is 9.13 Å². The highest BCUT2D eigenvalue weighted by Crippen LogP contribution is 2.59. The molecule has 1 heterocycles. The van der Waals surface area contributed by atoms with Crippen molar-refractivity contribution in [1.82, 2.24) is 9.13 Å². The number of ether oxygens (including phenoxy) is 2. The Bertz CT molecular complexity index is 939. The van der Waals surface area contributed by atoms with E-state index in [9.17, 15) is 14.7 Å². The maximum absolute atomic E-state index is 13.2. The lowest BCUT2D eigenvalue weighted by Crippen LogP contribution is -2.56. The third-order valence-electron chi connectivity index (χ3n) is 7.70. The summed E-state index contributed by atoms with van der Waals surface area (Å²) in [5.41, 5.74) is 4.31. The Balaban J connectivity index is 1.62. The molecule has 3 fully saturated rings. The van der Waals surface area contributed by atoms with Crippen molar-refractivity contribution in [3.63, 3.8) is 0 Å². The molecule has 30 heavy (non-hydrogen) atoms. The van der Waals surface area contributed by atoms with E-state index in [2.05, 4.69) is 0 Å². The van der Waals surface area contributed by atoms with Crippen molar-refractivity contribution < 1.29 is 14.6 Å². The Hall–Kier alpha value is -2.13. The minimum atomic E-state index is -0.660. The lowest BCUT2D eigenvalue weighted by atomic mass is 9.57. The molecule has 0 aliphatic heterocycles. The number of hydrogen-bond acceptors (Lipinski definition) is 6. The zero-order chi connectivity index (χ0) is 21.7. The van der Waals surface area contributed by atoms with Crippen LogP contribution in [0.15, 0.2) is 9.59 Å². The monoisotopic (exact) mass is 420 g/mol. The molecule has 3 aliphatic carbocycles. The average Bonchev–Trinajstić information content (AvgIpc) is 2.65. The van der Waals surface area contributed by atoms with E-state index in [-0.39, 0.29) is 17.0 Å². The van der Waals surface area contributed by atoms with Gasteiger partial charge in [0.15, 0.2) is 5.79 Å². The second-order valence-corrected chi connectivity index (χ2v) is 9.38. The number of nitrogens with two attached hydrogens (primary N) is 1. The van der Waals surface area contributed by atoms with Crippen molar-refractivity contribution in [2.75, 3.05) is 14.2 Å². The van der Waals surface area contributed by atoms with Crippen LogP contribution in [0.3, 0.4) is 0 Å². The van der Waals surface area contributed by atoms with E-state index in [0.29, 0.717) is 25.3 Å². The van der Waals surface area contributed by atoms with Crippen molar-refractivity contribution in [1.29, 1.82) is 5.41 Å². The van der Waals surface area contributed by atoms with Crippen LogP contribution in [-0.4, -0.2) is 40.1 Å². The van der Waals surface area contributed by atoms with Crippen LogP contribution in [0.25, 0.3) is 0 Å². The van der Waals surface area contributed by atoms with Gasteiger partial charge in [-0.2, -0.15) is 0 Å². The first kappa shape index (κ1) is 21.1. The number of hydrogen-bond donors (Lipinski definition) is 3. The molecule has 0 bridgehead atoms. The largest absolute Gasteiger partial charge is 0.494 e. The normalized spacial score (nSPS) is 23.1. The fraction of sp³-hybridized carbons (Fsp3) is 0.762. The summed E-state index contributed by atoms with van der Waals surface area (Å²) < 4.78 is 13.5. The van der Waals surface area contributed by atoms with E-state index in [1.807, 2.05) is 0 Å². The molecular weight excluding hydrogens is 388 g/mol. The van der Waals surface area contributed by atoms with Gasteiger partial charge in [0.1, 0.15) is 11.4 Å². The zero-order valence-corrected chi connectivity index (χ0v) is 17.8. The van der Waals surface area contributed by atoms with Crippen LogP contribution in [0.2, 0.25) is 0 Å². The predicted molar refractivity (Wildman–Crippen MR) is 111 cm³/mol. The zero-order valence-electron chi connectivity index (χ0n) is 17.8. The van der Waals surface area contributed by atoms with Gasteiger partial charge in [0.05, 0.1) is 0 Å². The van der Waals surface area contributed by atoms with E-state index < -0.39 is 28.8 Å². The summed E-state index contributed by atoms with van der Waals surface area (Å²) in [4.78, 5) is 26.3. The summed E-state index contributed by atoms with van der Waals surface area (Å²) in [5, 5.41) is 18.3. The fourth-order valence-electron chi connectivity index (χ4n) is 5.60. The van der Waals surface area contributed by atoms with Crippen molar-refractivity contribution in [3.05, 3.63) is 26.4 Å². The molecule has 4 N–H and O–H groups in total. The van der Waals surface area contributed by atoms with Crippen LogP contribution in [0.1, 0.15) is 69.4 Å². The van der Waals surface area contributed by atoms with Crippen LogP contribution in [-0.2, 0) is 16.0 Å². The third kappa shape index (κ3) is 3.28. The van der Waals surface area contributed by atoms with E-state index in [1.54, 1.807) is 14.2 Å². The van der Waals surface area contributed by atoms with Gasteiger partial charge in [0, 0.05) is 39.6 Å². The predicted octanol–water partition coefficient (Wildman–Crippen LogP) is 1.68. The lowest BCUT2D eigenvalue weighted by molar-refractivity contribution is -0.303. The molecule has 9 heteroatoms. The smallest absolute Gasteiger partial charge is 0.334 e. The SMILES string of the molecule is COC1(OC)CC2(CCC(n3c(=O)c(C(=N)N)c(O)n(CC4CCC4)c3=O)CC2)C1. The summed E-state index contributed by atoms with van der Waals surface area (Å²) in [6, 6.07) is -0.262. The number of aromatic nitrogens is 2. The lowest BCUT2D eigenvalue weighted by Gasteiger charge is -2.56. The van der Waals surface area contributed by atoms with E-state index >= 15 is 0 Å². The van der Waals surface area contributed by atoms with Gasteiger partial charge in [-0.15, -0.1) is 0 Å². The summed E-state index contributed by atoms with van der Waals surface area (Å²) in [7, 11) is 3.32. The van der Waals surface area contributed by atoms with Crippen LogP contribution in [0, 0.1) is 16.7 Å². The van der Waals surface area contributed by atoms with Crippen molar-refractivity contribution >= 4 is 5.84 Å². The summed E-state index contributed by atoms with van der Waals surface area (Å²) in [6.45, 7) is 0.353. The number of aromatic hydroxyl groups is 1. The fourth-order valence-corrected chi connectivity index (χ4v) is 5.60. The number of nitrogens with one attached hydrogen (secondary N) is 1. The average molecular weight is 421 g/mol. The molecule has 1 spiro atoms. The molecular formula is C21H32N4O5. The van der Waals surface area contributed by atoms with E-state index in [4.69, 9.17) is 20.6 Å². The molecule has 0 atom stereocenters. The number of nitrogen functional groups attached to an aromatic ring is 1. The van der Waals surface area contributed by atoms with E-state index in [0.717, 1.165) is 44.9 Å². The maximum Gasteiger partial charge on any atom is 0.334 e. The van der Waals surface area contributed by atoms with Gasteiger partial charge in [0.25, 0.3) is 5.56 Å². The highest BCUT2D eigenvalue weighted by Gasteiger charge is 2.56. The van der Waals surface area contributed by atoms with Crippen LogP contribution < -0.4 is 17.0 Å². The van der Waals surface area contributed by atoms with Gasteiger partial charge >= 0.3 is 5.69 Å². The molecule has 3 saturated carbocycles. The minimum absolute atomic E-state index is 0.122. The Morgan fingerprint density at radius 3 is 2.23 bits per heavy atom. The van der Waals surface area contributed by atoms with Crippen LogP contribution in [0.4, 0.5) is 0 Å². The van der Waals surface area contributed by atoms with Gasteiger partial charge in [-0.1, -0.05) is 6.42 Å². The number of nitrogens with zero attached hydrogens (tertiary/aromatic N) is 2. The van der Waals surface area contributed by atoms with Crippen molar-refractivity contribution in [2.45, 2.75) is 76.2 Å². The first-order valence-corrected chi connectivity index (χ1v) is 10.8. The maximum atomic E-state index is 13.2. The molecule has 4 rings (SSSR count). The molecule has 1 aromatic rings. The number of amidine groups is 1. The number of rotatable bonds is 6. The first-order valence-electron chi connectivity index (χ1n) is 10.8. The third-order valence-corrected chi connectivity index (χ3v) is 7.70. The Morgan fingerprint density at radius 2 is 1.77 bits per heavy atom. The Kier molecular flexibility index (Phi) is 5.30. The second-order valence-electron chi connectivity index (χ2n) is 9.38. The Morgan fingerprint density at radius 1 is 1.17 bits per heavy atom. The molecule has 0 radical (unpaired) electrons. The standard InChI is InChI=1S/C21H32N4O5/c1-29-21(30-2)11-20(12-21)8-6-14(7-9-20)25-18(27)15(16(22)23)17(26)24(19(25)28)10-13-4-3-5-13/h13-14,26H,3-12H2,1-2H3,(H3,22,23). The van der Waals surface area contributed by atoms with Gasteiger partial charge < -0.3 is 20.3 Å². The summed E-state index contributed by atoms with van der Waals surface area (Å²) in [6.07, 6.45) is 7.83. The molecule has 0 unspecified atom stereocenters. The van der Waals surface area contributed by atoms with Gasteiger partial charge in [-0.05, 0) is 49.9 Å². The highest BCUT2D eigenvalue weighted by molar-refractivity contribution is 5.96. The second kappa shape index (κ2) is 7.53. The molecule has 1 aromatic heterocycles. The first-order chi connectivity index (χ1) is 14.2. The molecule has 9 nitrogen and oxygen atoms in total. The summed E-state index contributed by atoms with van der Waals surface area (Å²) >= 11 is 0. The molecule has 166 valence electrons. The molecule has 0 saturated heterocycles. The quantitative estimate of drug-likeness (QED) is 0.364. The van der Waals surface area contributed by atoms with Gasteiger partial charge in [-0.3, -0.25) is 19.3 Å². The van der Waals surface area contributed by atoms with Crippen molar-refractivity contribution in [3.8, 4) is 5.88 Å². The minimum Gasteiger partial charge on any atom is -0.494 e. The van der Waals surface area contributed by atoms with Gasteiger partial charge in [0.2, 0.25) is 5.88 Å². The molecule has 0 amide bonds. The molecule has 3 aliphatic rings. The molecule has 0 aromatic carbocycles. The summed E-state index contributed by atoms with van der Waals surface area (Å²) in [5.74, 6) is -1.19. The van der Waals surface area contributed by atoms with Crippen molar-refractivity contribution in [2.24, 2.45) is 17.1 Å². The van der Waals surface area contributed by atoms with Crippen LogP contribution >= 0.6 is 0 Å². The number of methoxy groups -OCH3 is 2. The Labute approximate surface area is 175 Å². The topological polar surface area (TPSA) is 133 Å².